The van der Waals surface area contributed by atoms with Crippen LogP contribution in [-0.4, -0.2) is 73.8 Å². The Bertz CT molecular complexity index is 890. The van der Waals surface area contributed by atoms with Crippen LogP contribution in [0.5, 0.6) is 5.75 Å². The SMILES string of the molecule is CO[C@@H]1CN(c2ccnc(NCc3cccc4c3NC(=O)CO4)n2)C[C@@H]1N(C)C. The van der Waals surface area contributed by atoms with E-state index in [0.717, 1.165) is 24.5 Å². The number of carbonyl (C=O) groups excluding carboxylic acids is 1. The molecule has 1 saturated heterocycles. The van der Waals surface area contributed by atoms with Crippen LogP contribution in [-0.2, 0) is 16.1 Å². The van der Waals surface area contributed by atoms with Crippen LogP contribution >= 0.6 is 0 Å². The number of benzene rings is 1. The van der Waals surface area contributed by atoms with Gasteiger partial charge in [-0.25, -0.2) is 4.98 Å². The van der Waals surface area contributed by atoms with Crippen LogP contribution in [0.4, 0.5) is 17.5 Å². The Hall–Kier alpha value is -2.91. The lowest BCUT2D eigenvalue weighted by Gasteiger charge is -2.23. The molecule has 2 aliphatic heterocycles. The van der Waals surface area contributed by atoms with Gasteiger partial charge in [-0.1, -0.05) is 12.1 Å². The molecule has 2 aromatic rings. The maximum Gasteiger partial charge on any atom is 0.262 e. The van der Waals surface area contributed by atoms with E-state index in [1.54, 1.807) is 13.3 Å². The summed E-state index contributed by atoms with van der Waals surface area (Å²) in [6.07, 6.45) is 1.89. The lowest BCUT2D eigenvalue weighted by atomic mass is 10.1. The molecule has 1 aromatic heterocycles. The lowest BCUT2D eigenvalue weighted by molar-refractivity contribution is -0.118. The second kappa shape index (κ2) is 8.22. The highest BCUT2D eigenvalue weighted by atomic mass is 16.5. The van der Waals surface area contributed by atoms with Crippen molar-refractivity contribution in [2.45, 2.75) is 18.7 Å². The number of carbonyl (C=O) groups is 1. The highest BCUT2D eigenvalue weighted by Crippen LogP contribution is 2.31. The van der Waals surface area contributed by atoms with Crippen LogP contribution in [0.2, 0.25) is 0 Å². The summed E-state index contributed by atoms with van der Waals surface area (Å²) in [7, 11) is 5.88. The minimum Gasteiger partial charge on any atom is -0.482 e. The minimum atomic E-state index is -0.152. The van der Waals surface area contributed by atoms with Gasteiger partial charge in [0.2, 0.25) is 5.95 Å². The highest BCUT2D eigenvalue weighted by molar-refractivity contribution is 5.96. The minimum absolute atomic E-state index is 0.0429. The van der Waals surface area contributed by atoms with Gasteiger partial charge in [0.25, 0.3) is 5.91 Å². The molecule has 1 amide bonds. The summed E-state index contributed by atoms with van der Waals surface area (Å²) >= 11 is 0. The monoisotopic (exact) mass is 398 g/mol. The lowest BCUT2D eigenvalue weighted by Crippen LogP contribution is -2.39. The van der Waals surface area contributed by atoms with Crippen LogP contribution in [0.3, 0.4) is 0 Å². The first kappa shape index (κ1) is 19.4. The fourth-order valence-corrected chi connectivity index (χ4v) is 3.76. The van der Waals surface area contributed by atoms with E-state index in [-0.39, 0.29) is 18.6 Å². The normalized spacial score (nSPS) is 21.0. The number of aromatic nitrogens is 2. The fraction of sp³-hybridized carbons (Fsp3) is 0.450. The van der Waals surface area contributed by atoms with Gasteiger partial charge in [0, 0.05) is 32.9 Å². The first-order valence-electron chi connectivity index (χ1n) is 9.61. The Balaban J connectivity index is 1.46. The largest absolute Gasteiger partial charge is 0.482 e. The standard InChI is InChI=1S/C20H26N6O3/c1-25(2)14-10-26(11-16(14)28-3)17-7-8-21-20(23-17)22-9-13-5-4-6-15-19(13)24-18(27)12-29-15/h4-8,14,16H,9-12H2,1-3H3,(H,24,27)(H,21,22,23)/t14-,16+/m0/s1. The molecule has 0 aliphatic carbocycles. The zero-order valence-electron chi connectivity index (χ0n) is 16.9. The average Bonchev–Trinajstić information content (AvgIpc) is 3.17. The Labute approximate surface area is 170 Å². The van der Waals surface area contributed by atoms with Gasteiger partial charge >= 0.3 is 0 Å². The van der Waals surface area contributed by atoms with Crippen molar-refractivity contribution in [2.75, 3.05) is 56.4 Å². The number of likely N-dealkylation sites (N-methyl/N-ethyl adjacent to an activating group) is 1. The van der Waals surface area contributed by atoms with Crippen molar-refractivity contribution in [1.29, 1.82) is 0 Å². The molecule has 2 aliphatic rings. The third-order valence-corrected chi connectivity index (χ3v) is 5.34. The molecule has 29 heavy (non-hydrogen) atoms. The summed E-state index contributed by atoms with van der Waals surface area (Å²) < 4.78 is 11.1. The first-order chi connectivity index (χ1) is 14.0. The number of amides is 1. The molecule has 0 unspecified atom stereocenters. The van der Waals surface area contributed by atoms with Crippen molar-refractivity contribution in [3.63, 3.8) is 0 Å². The van der Waals surface area contributed by atoms with E-state index in [2.05, 4.69) is 44.5 Å². The second-order valence-electron chi connectivity index (χ2n) is 7.43. The number of fused-ring (bicyclic) bond motifs is 1. The number of rotatable bonds is 6. The number of anilines is 3. The molecule has 9 heteroatoms. The van der Waals surface area contributed by atoms with Crippen LogP contribution in [0.1, 0.15) is 5.56 Å². The molecule has 0 spiro atoms. The predicted molar refractivity (Wildman–Crippen MR) is 110 cm³/mol. The van der Waals surface area contributed by atoms with Crippen molar-refractivity contribution in [1.82, 2.24) is 14.9 Å². The number of methoxy groups -OCH3 is 1. The molecule has 1 aromatic carbocycles. The quantitative estimate of drug-likeness (QED) is 0.750. The summed E-state index contributed by atoms with van der Waals surface area (Å²) in [5.74, 6) is 1.92. The zero-order chi connectivity index (χ0) is 20.4. The van der Waals surface area contributed by atoms with Crippen LogP contribution in [0.15, 0.2) is 30.5 Å². The average molecular weight is 398 g/mol. The number of ether oxygens (including phenoxy) is 2. The molecule has 4 rings (SSSR count). The Morgan fingerprint density at radius 1 is 1.34 bits per heavy atom. The van der Waals surface area contributed by atoms with Gasteiger partial charge in [-0.15, -0.1) is 0 Å². The van der Waals surface area contributed by atoms with Crippen LogP contribution in [0, 0.1) is 0 Å². The molecular weight excluding hydrogens is 372 g/mol. The van der Waals surface area contributed by atoms with E-state index >= 15 is 0 Å². The molecule has 0 radical (unpaired) electrons. The maximum absolute atomic E-state index is 11.7. The molecule has 9 nitrogen and oxygen atoms in total. The van der Waals surface area contributed by atoms with Crippen molar-refractivity contribution in [3.8, 4) is 5.75 Å². The van der Waals surface area contributed by atoms with Gasteiger partial charge in [0.15, 0.2) is 6.61 Å². The van der Waals surface area contributed by atoms with E-state index < -0.39 is 0 Å². The number of hydrogen-bond acceptors (Lipinski definition) is 8. The molecule has 3 heterocycles. The highest BCUT2D eigenvalue weighted by Gasteiger charge is 2.35. The van der Waals surface area contributed by atoms with Gasteiger partial charge in [-0.2, -0.15) is 4.98 Å². The van der Waals surface area contributed by atoms with Crippen molar-refractivity contribution in [2.24, 2.45) is 0 Å². The van der Waals surface area contributed by atoms with Gasteiger partial charge in [-0.05, 0) is 31.8 Å². The third kappa shape index (κ3) is 4.10. The molecule has 0 saturated carbocycles. The molecule has 2 N–H and O–H groups in total. The Morgan fingerprint density at radius 2 is 2.21 bits per heavy atom. The number of nitrogens with zero attached hydrogens (tertiary/aromatic N) is 4. The van der Waals surface area contributed by atoms with Gasteiger partial charge in [-0.3, -0.25) is 4.79 Å². The molecule has 0 bridgehead atoms. The van der Waals surface area contributed by atoms with Crippen molar-refractivity contribution in [3.05, 3.63) is 36.0 Å². The molecule has 2 atom stereocenters. The number of nitrogens with one attached hydrogen (secondary N) is 2. The molecule has 154 valence electrons. The van der Waals surface area contributed by atoms with Crippen LogP contribution < -0.4 is 20.3 Å². The predicted octanol–water partition coefficient (Wildman–Crippen LogP) is 1.18. The molecule has 1 fully saturated rings. The first-order valence-corrected chi connectivity index (χ1v) is 9.61. The smallest absolute Gasteiger partial charge is 0.262 e. The van der Waals surface area contributed by atoms with E-state index in [0.29, 0.717) is 30.0 Å². The van der Waals surface area contributed by atoms with Gasteiger partial charge < -0.3 is 29.9 Å². The van der Waals surface area contributed by atoms with Gasteiger partial charge in [0.05, 0.1) is 17.8 Å². The van der Waals surface area contributed by atoms with Crippen LogP contribution in [0.25, 0.3) is 0 Å². The Kier molecular flexibility index (Phi) is 5.50. The summed E-state index contributed by atoms with van der Waals surface area (Å²) in [6.45, 7) is 2.14. The topological polar surface area (TPSA) is 91.9 Å². The fourth-order valence-electron chi connectivity index (χ4n) is 3.76. The second-order valence-corrected chi connectivity index (χ2v) is 7.43. The number of para-hydroxylation sites is 1. The number of hydrogen-bond donors (Lipinski definition) is 2. The van der Waals surface area contributed by atoms with Crippen molar-refractivity contribution < 1.29 is 14.3 Å². The maximum atomic E-state index is 11.7. The van der Waals surface area contributed by atoms with E-state index in [1.165, 1.54) is 0 Å². The summed E-state index contributed by atoms with van der Waals surface area (Å²) in [5, 5.41) is 6.13. The molecular formula is C20H26N6O3. The summed E-state index contributed by atoms with van der Waals surface area (Å²) in [4.78, 5) is 25.1. The van der Waals surface area contributed by atoms with Gasteiger partial charge in [0.1, 0.15) is 11.6 Å². The summed E-state index contributed by atoms with van der Waals surface area (Å²) in [5.41, 5.74) is 1.61. The van der Waals surface area contributed by atoms with E-state index in [1.807, 2.05) is 24.3 Å². The zero-order valence-corrected chi connectivity index (χ0v) is 16.9. The van der Waals surface area contributed by atoms with E-state index in [9.17, 15) is 4.79 Å². The Morgan fingerprint density at radius 3 is 2.97 bits per heavy atom. The third-order valence-electron chi connectivity index (χ3n) is 5.34. The van der Waals surface area contributed by atoms with Crippen molar-refractivity contribution >= 4 is 23.4 Å². The van der Waals surface area contributed by atoms with E-state index in [4.69, 9.17) is 9.47 Å². The summed E-state index contributed by atoms with van der Waals surface area (Å²) in [6, 6.07) is 7.91.